The second kappa shape index (κ2) is 3.53. The van der Waals surface area contributed by atoms with Gasteiger partial charge in [-0.25, -0.2) is 4.98 Å². The van der Waals surface area contributed by atoms with Gasteiger partial charge in [-0.15, -0.1) is 11.3 Å². The van der Waals surface area contributed by atoms with Crippen molar-refractivity contribution in [2.24, 2.45) is 4.99 Å². The smallest absolute Gasteiger partial charge is 0.292 e. The Kier molecular flexibility index (Phi) is 2.22. The van der Waals surface area contributed by atoms with Crippen LogP contribution >= 0.6 is 11.3 Å². The molecular formula is C7H8N4OS. The molecular weight excluding hydrogens is 188 g/mol. The van der Waals surface area contributed by atoms with E-state index in [1.165, 1.54) is 11.3 Å². The van der Waals surface area contributed by atoms with Gasteiger partial charge in [0.15, 0.2) is 11.0 Å². The summed E-state index contributed by atoms with van der Waals surface area (Å²) >= 11 is 1.38. The first-order valence-corrected chi connectivity index (χ1v) is 4.73. The van der Waals surface area contributed by atoms with E-state index in [0.717, 1.165) is 6.54 Å². The van der Waals surface area contributed by atoms with Gasteiger partial charge in [0.2, 0.25) is 0 Å². The summed E-state index contributed by atoms with van der Waals surface area (Å²) in [6.07, 6.45) is 1.64. The number of nitrogens with one attached hydrogen (secondary N) is 2. The number of rotatable bonds is 2. The van der Waals surface area contributed by atoms with Crippen LogP contribution in [0.3, 0.4) is 0 Å². The lowest BCUT2D eigenvalue weighted by Gasteiger charge is -2.00. The Hall–Kier alpha value is -1.43. The van der Waals surface area contributed by atoms with Gasteiger partial charge in [0.05, 0.1) is 6.54 Å². The van der Waals surface area contributed by atoms with Crippen molar-refractivity contribution in [3.05, 3.63) is 11.6 Å². The van der Waals surface area contributed by atoms with E-state index in [9.17, 15) is 4.79 Å². The SMILES string of the molecule is O=C(Nc1nccs1)C1=NCCN1. The Morgan fingerprint density at radius 1 is 1.69 bits per heavy atom. The molecule has 5 nitrogen and oxygen atoms in total. The third kappa shape index (κ3) is 1.83. The summed E-state index contributed by atoms with van der Waals surface area (Å²) in [6, 6.07) is 0. The van der Waals surface area contributed by atoms with Crippen molar-refractivity contribution in [3.8, 4) is 0 Å². The second-order valence-electron chi connectivity index (χ2n) is 2.45. The quantitative estimate of drug-likeness (QED) is 0.704. The lowest BCUT2D eigenvalue weighted by atomic mass is 10.5. The number of thiazole rings is 1. The van der Waals surface area contributed by atoms with Crippen molar-refractivity contribution in [1.82, 2.24) is 10.3 Å². The molecule has 0 radical (unpaired) electrons. The minimum Gasteiger partial charge on any atom is -0.364 e. The Morgan fingerprint density at radius 2 is 2.62 bits per heavy atom. The number of hydrogen-bond acceptors (Lipinski definition) is 5. The fourth-order valence-electron chi connectivity index (χ4n) is 0.991. The average molecular weight is 196 g/mol. The van der Waals surface area contributed by atoms with E-state index in [1.807, 2.05) is 0 Å². The van der Waals surface area contributed by atoms with E-state index in [4.69, 9.17) is 0 Å². The highest BCUT2D eigenvalue weighted by molar-refractivity contribution is 7.13. The van der Waals surface area contributed by atoms with Crippen molar-refractivity contribution in [1.29, 1.82) is 0 Å². The van der Waals surface area contributed by atoms with Crippen LogP contribution in [0.5, 0.6) is 0 Å². The van der Waals surface area contributed by atoms with E-state index in [1.54, 1.807) is 11.6 Å². The summed E-state index contributed by atoms with van der Waals surface area (Å²) in [4.78, 5) is 19.3. The predicted octanol–water partition coefficient (Wildman–Crippen LogP) is 0.0833. The van der Waals surface area contributed by atoms with Crippen LogP contribution in [0, 0.1) is 0 Å². The van der Waals surface area contributed by atoms with Crippen LogP contribution in [0.1, 0.15) is 0 Å². The molecule has 6 heteroatoms. The van der Waals surface area contributed by atoms with Crippen molar-refractivity contribution in [2.75, 3.05) is 18.4 Å². The van der Waals surface area contributed by atoms with Crippen LogP contribution in [0.4, 0.5) is 5.13 Å². The molecule has 0 fully saturated rings. The minimum absolute atomic E-state index is 0.215. The Morgan fingerprint density at radius 3 is 3.23 bits per heavy atom. The monoisotopic (exact) mass is 196 g/mol. The molecule has 0 aromatic carbocycles. The molecule has 0 spiro atoms. The maximum Gasteiger partial charge on any atom is 0.292 e. The summed E-state index contributed by atoms with van der Waals surface area (Å²) in [5, 5.41) is 7.93. The molecule has 2 heterocycles. The molecule has 13 heavy (non-hydrogen) atoms. The zero-order chi connectivity index (χ0) is 9.10. The number of amidine groups is 1. The number of anilines is 1. The number of aliphatic imine (C=N–C) groups is 1. The second-order valence-corrected chi connectivity index (χ2v) is 3.34. The zero-order valence-corrected chi connectivity index (χ0v) is 7.60. The van der Waals surface area contributed by atoms with Crippen LogP contribution in [-0.2, 0) is 4.79 Å². The van der Waals surface area contributed by atoms with E-state index in [-0.39, 0.29) is 5.91 Å². The third-order valence-corrected chi connectivity index (χ3v) is 2.23. The van der Waals surface area contributed by atoms with Crippen molar-refractivity contribution < 1.29 is 4.79 Å². The van der Waals surface area contributed by atoms with Crippen LogP contribution in [0.15, 0.2) is 16.6 Å². The molecule has 68 valence electrons. The summed E-state index contributed by atoms with van der Waals surface area (Å²) in [5.74, 6) is 0.183. The van der Waals surface area contributed by atoms with Crippen molar-refractivity contribution >= 4 is 28.2 Å². The summed E-state index contributed by atoms with van der Waals surface area (Å²) in [5.41, 5.74) is 0. The van der Waals surface area contributed by atoms with Crippen LogP contribution in [0.25, 0.3) is 0 Å². The molecule has 0 unspecified atom stereocenters. The van der Waals surface area contributed by atoms with Gasteiger partial charge in [-0.2, -0.15) is 0 Å². The molecule has 2 N–H and O–H groups in total. The average Bonchev–Trinajstić information content (AvgIpc) is 2.74. The van der Waals surface area contributed by atoms with Gasteiger partial charge in [-0.3, -0.25) is 15.1 Å². The van der Waals surface area contributed by atoms with Gasteiger partial charge in [0, 0.05) is 18.1 Å². The first-order chi connectivity index (χ1) is 6.36. The fourth-order valence-corrected chi connectivity index (χ4v) is 1.52. The van der Waals surface area contributed by atoms with Gasteiger partial charge in [0.25, 0.3) is 5.91 Å². The topological polar surface area (TPSA) is 66.4 Å². The molecule has 1 aliphatic heterocycles. The number of nitrogens with zero attached hydrogens (tertiary/aromatic N) is 2. The highest BCUT2D eigenvalue weighted by Gasteiger charge is 2.14. The first kappa shape index (κ1) is 8.18. The Labute approximate surface area is 78.9 Å². The number of aromatic nitrogens is 1. The minimum atomic E-state index is -0.215. The normalized spacial score (nSPS) is 14.9. The third-order valence-electron chi connectivity index (χ3n) is 1.54. The molecule has 0 aliphatic carbocycles. The molecule has 0 saturated heterocycles. The number of carbonyl (C=O) groups is 1. The molecule has 1 aromatic rings. The zero-order valence-electron chi connectivity index (χ0n) is 6.78. The van der Waals surface area contributed by atoms with E-state index < -0.39 is 0 Å². The largest absolute Gasteiger partial charge is 0.364 e. The van der Waals surface area contributed by atoms with Gasteiger partial charge in [-0.05, 0) is 0 Å². The van der Waals surface area contributed by atoms with Gasteiger partial charge >= 0.3 is 0 Å². The molecule has 1 amide bonds. The van der Waals surface area contributed by atoms with E-state index in [2.05, 4.69) is 20.6 Å². The Bertz CT molecular complexity index is 332. The lowest BCUT2D eigenvalue weighted by Crippen LogP contribution is -2.32. The molecule has 2 rings (SSSR count). The maximum atomic E-state index is 11.4. The van der Waals surface area contributed by atoms with Crippen LogP contribution in [0.2, 0.25) is 0 Å². The van der Waals surface area contributed by atoms with Crippen molar-refractivity contribution in [2.45, 2.75) is 0 Å². The fraction of sp³-hybridized carbons (Fsp3) is 0.286. The van der Waals surface area contributed by atoms with Gasteiger partial charge < -0.3 is 5.32 Å². The molecule has 0 saturated carbocycles. The van der Waals surface area contributed by atoms with Gasteiger partial charge in [-0.1, -0.05) is 0 Å². The summed E-state index contributed by atoms with van der Waals surface area (Å²) in [7, 11) is 0. The van der Waals surface area contributed by atoms with E-state index >= 15 is 0 Å². The molecule has 1 aliphatic rings. The van der Waals surface area contributed by atoms with E-state index in [0.29, 0.717) is 17.5 Å². The Balaban J connectivity index is 1.99. The predicted molar refractivity (Wildman–Crippen MR) is 51.0 cm³/mol. The number of carbonyl (C=O) groups excluding carboxylic acids is 1. The maximum absolute atomic E-state index is 11.4. The molecule has 0 bridgehead atoms. The lowest BCUT2D eigenvalue weighted by molar-refractivity contribution is -0.110. The standard InChI is InChI=1S/C7H8N4OS/c12-6(5-8-1-2-9-5)11-7-10-3-4-13-7/h3-4H,1-2H2,(H,8,9)(H,10,11,12). The van der Waals surface area contributed by atoms with Crippen molar-refractivity contribution in [3.63, 3.8) is 0 Å². The highest BCUT2D eigenvalue weighted by atomic mass is 32.1. The van der Waals surface area contributed by atoms with Gasteiger partial charge in [0.1, 0.15) is 0 Å². The highest BCUT2D eigenvalue weighted by Crippen LogP contribution is 2.09. The summed E-state index contributed by atoms with van der Waals surface area (Å²) in [6.45, 7) is 1.40. The molecule has 1 aromatic heterocycles. The summed E-state index contributed by atoms with van der Waals surface area (Å²) < 4.78 is 0. The van der Waals surface area contributed by atoms with Crippen LogP contribution < -0.4 is 10.6 Å². The molecule has 0 atom stereocenters. The number of amides is 1. The number of hydrogen-bond donors (Lipinski definition) is 2. The first-order valence-electron chi connectivity index (χ1n) is 3.85. The van der Waals surface area contributed by atoms with Crippen LogP contribution in [-0.4, -0.2) is 29.8 Å².